The summed E-state index contributed by atoms with van der Waals surface area (Å²) in [5.74, 6) is 0.927. The van der Waals surface area contributed by atoms with Crippen LogP contribution in [0.5, 0.6) is 5.75 Å². The normalized spacial score (nSPS) is 10.4. The van der Waals surface area contributed by atoms with Crippen LogP contribution in [0.15, 0.2) is 24.5 Å². The van der Waals surface area contributed by atoms with Gasteiger partial charge >= 0.3 is 0 Å². The standard InChI is InChI=1S/C12H11Cl2N3O/c1-2-18-11-4-8(13)7(3-9(11)14)10-5-12(15)17-6-16-10/h3-6H,2H2,1H3,(H2,15,16,17). The highest BCUT2D eigenvalue weighted by atomic mass is 35.5. The fourth-order valence-electron chi connectivity index (χ4n) is 1.51. The van der Waals surface area contributed by atoms with Gasteiger partial charge in [-0.3, -0.25) is 0 Å². The van der Waals surface area contributed by atoms with Crippen LogP contribution in [0.4, 0.5) is 5.82 Å². The highest BCUT2D eigenvalue weighted by molar-refractivity contribution is 6.36. The third kappa shape index (κ3) is 2.66. The predicted molar refractivity (Wildman–Crippen MR) is 73.1 cm³/mol. The third-order valence-electron chi connectivity index (χ3n) is 2.29. The van der Waals surface area contributed by atoms with Gasteiger partial charge in [-0.05, 0) is 13.0 Å². The molecule has 2 aromatic rings. The fourth-order valence-corrected chi connectivity index (χ4v) is 1.98. The maximum absolute atomic E-state index is 6.18. The van der Waals surface area contributed by atoms with E-state index in [9.17, 15) is 0 Å². The van der Waals surface area contributed by atoms with Crippen molar-refractivity contribution in [3.63, 3.8) is 0 Å². The van der Waals surface area contributed by atoms with Crippen LogP contribution in [0.25, 0.3) is 11.3 Å². The van der Waals surface area contributed by atoms with Crippen LogP contribution in [0.1, 0.15) is 6.92 Å². The Morgan fingerprint density at radius 3 is 2.61 bits per heavy atom. The first kappa shape index (κ1) is 12.9. The second kappa shape index (κ2) is 5.42. The summed E-state index contributed by atoms with van der Waals surface area (Å²) in [6.07, 6.45) is 1.38. The van der Waals surface area contributed by atoms with Gasteiger partial charge in [0.05, 0.1) is 22.3 Å². The third-order valence-corrected chi connectivity index (χ3v) is 2.89. The monoisotopic (exact) mass is 283 g/mol. The van der Waals surface area contributed by atoms with E-state index in [2.05, 4.69) is 9.97 Å². The van der Waals surface area contributed by atoms with E-state index in [0.717, 1.165) is 0 Å². The van der Waals surface area contributed by atoms with E-state index < -0.39 is 0 Å². The molecule has 0 atom stereocenters. The SMILES string of the molecule is CCOc1cc(Cl)c(-c2cc(N)ncn2)cc1Cl. The van der Waals surface area contributed by atoms with Crippen LogP contribution in [0.3, 0.4) is 0 Å². The molecule has 0 saturated carbocycles. The Kier molecular flexibility index (Phi) is 3.89. The molecule has 0 fully saturated rings. The molecule has 0 aliphatic rings. The molecule has 0 aliphatic heterocycles. The van der Waals surface area contributed by atoms with Crippen molar-refractivity contribution < 1.29 is 4.74 Å². The molecule has 4 nitrogen and oxygen atoms in total. The second-order valence-corrected chi connectivity index (χ2v) is 4.34. The summed E-state index contributed by atoms with van der Waals surface area (Å²) in [6, 6.07) is 5.01. The van der Waals surface area contributed by atoms with Crippen molar-refractivity contribution in [1.29, 1.82) is 0 Å². The zero-order valence-electron chi connectivity index (χ0n) is 9.65. The first-order valence-electron chi connectivity index (χ1n) is 5.31. The summed E-state index contributed by atoms with van der Waals surface area (Å²) in [6.45, 7) is 2.40. The van der Waals surface area contributed by atoms with Gasteiger partial charge in [-0.2, -0.15) is 0 Å². The minimum Gasteiger partial charge on any atom is -0.492 e. The number of rotatable bonds is 3. The molecule has 0 amide bonds. The number of benzene rings is 1. The molecule has 6 heteroatoms. The molecule has 0 unspecified atom stereocenters. The van der Waals surface area contributed by atoms with Crippen molar-refractivity contribution in [1.82, 2.24) is 9.97 Å². The van der Waals surface area contributed by atoms with Crippen molar-refractivity contribution in [2.45, 2.75) is 6.92 Å². The zero-order chi connectivity index (χ0) is 13.1. The molecule has 0 spiro atoms. The summed E-state index contributed by atoms with van der Waals surface area (Å²) in [5, 5.41) is 0.981. The van der Waals surface area contributed by atoms with Crippen LogP contribution in [0, 0.1) is 0 Å². The highest BCUT2D eigenvalue weighted by Gasteiger charge is 2.11. The second-order valence-electron chi connectivity index (χ2n) is 3.52. The lowest BCUT2D eigenvalue weighted by molar-refractivity contribution is 0.340. The van der Waals surface area contributed by atoms with Crippen molar-refractivity contribution in [2.24, 2.45) is 0 Å². The van der Waals surface area contributed by atoms with Crippen LogP contribution in [0.2, 0.25) is 10.0 Å². The molecule has 0 bridgehead atoms. The van der Waals surface area contributed by atoms with Gasteiger partial charge in [0, 0.05) is 17.7 Å². The lowest BCUT2D eigenvalue weighted by Gasteiger charge is -2.10. The zero-order valence-corrected chi connectivity index (χ0v) is 11.2. The van der Waals surface area contributed by atoms with Gasteiger partial charge in [0.25, 0.3) is 0 Å². The summed E-state index contributed by atoms with van der Waals surface area (Å²) in [7, 11) is 0. The molecule has 0 radical (unpaired) electrons. The summed E-state index contributed by atoms with van der Waals surface area (Å²) in [4.78, 5) is 7.94. The quantitative estimate of drug-likeness (QED) is 0.938. The van der Waals surface area contributed by atoms with Crippen LogP contribution in [-0.4, -0.2) is 16.6 Å². The Bertz CT molecular complexity index is 575. The minimum atomic E-state index is 0.376. The van der Waals surface area contributed by atoms with Crippen molar-refractivity contribution in [2.75, 3.05) is 12.3 Å². The van der Waals surface area contributed by atoms with Gasteiger partial charge in [0.2, 0.25) is 0 Å². The van der Waals surface area contributed by atoms with E-state index in [4.69, 9.17) is 33.7 Å². The van der Waals surface area contributed by atoms with Gasteiger partial charge in [0.1, 0.15) is 17.9 Å². The van der Waals surface area contributed by atoms with Crippen molar-refractivity contribution >= 4 is 29.0 Å². The number of ether oxygens (including phenoxy) is 1. The molecule has 0 saturated heterocycles. The van der Waals surface area contributed by atoms with Crippen LogP contribution < -0.4 is 10.5 Å². The molecule has 1 aromatic carbocycles. The minimum absolute atomic E-state index is 0.376. The molecule has 94 valence electrons. The number of halogens is 2. The van der Waals surface area contributed by atoms with E-state index in [1.54, 1.807) is 18.2 Å². The van der Waals surface area contributed by atoms with Crippen LogP contribution in [-0.2, 0) is 0 Å². The average Bonchev–Trinajstić information content (AvgIpc) is 2.33. The smallest absolute Gasteiger partial charge is 0.139 e. The number of hydrogen-bond acceptors (Lipinski definition) is 4. The van der Waals surface area contributed by atoms with Crippen LogP contribution >= 0.6 is 23.2 Å². The molecular weight excluding hydrogens is 273 g/mol. The summed E-state index contributed by atoms with van der Waals surface area (Å²) in [5.41, 5.74) is 6.93. The highest BCUT2D eigenvalue weighted by Crippen LogP contribution is 2.36. The number of hydrogen-bond donors (Lipinski definition) is 1. The Labute approximate surface area is 115 Å². The fraction of sp³-hybridized carbons (Fsp3) is 0.167. The largest absolute Gasteiger partial charge is 0.492 e. The molecule has 1 aromatic heterocycles. The van der Waals surface area contributed by atoms with E-state index in [1.807, 2.05) is 6.92 Å². The van der Waals surface area contributed by atoms with Gasteiger partial charge < -0.3 is 10.5 Å². The van der Waals surface area contributed by atoms with Gasteiger partial charge in [-0.1, -0.05) is 23.2 Å². The molecule has 18 heavy (non-hydrogen) atoms. The number of nitrogens with zero attached hydrogens (tertiary/aromatic N) is 2. The van der Waals surface area contributed by atoms with Crippen molar-refractivity contribution in [3.8, 4) is 17.0 Å². The maximum Gasteiger partial charge on any atom is 0.139 e. The lowest BCUT2D eigenvalue weighted by Crippen LogP contribution is -1.95. The van der Waals surface area contributed by atoms with Gasteiger partial charge in [0.15, 0.2) is 0 Å². The lowest BCUT2D eigenvalue weighted by atomic mass is 10.1. The van der Waals surface area contributed by atoms with Gasteiger partial charge in [-0.15, -0.1) is 0 Å². The predicted octanol–water partition coefficient (Wildman–Crippen LogP) is 3.43. The van der Waals surface area contributed by atoms with E-state index in [-0.39, 0.29) is 0 Å². The topological polar surface area (TPSA) is 61.0 Å². The first-order chi connectivity index (χ1) is 8.61. The first-order valence-corrected chi connectivity index (χ1v) is 6.07. The Morgan fingerprint density at radius 2 is 1.94 bits per heavy atom. The van der Waals surface area contributed by atoms with Crippen molar-refractivity contribution in [3.05, 3.63) is 34.6 Å². The molecule has 2 rings (SSSR count). The Balaban J connectivity index is 2.49. The number of aromatic nitrogens is 2. The molecule has 0 aliphatic carbocycles. The Morgan fingerprint density at radius 1 is 1.17 bits per heavy atom. The van der Waals surface area contributed by atoms with E-state index >= 15 is 0 Å². The number of nitrogen functional groups attached to an aromatic ring is 1. The number of nitrogens with two attached hydrogens (primary N) is 1. The summed E-state index contributed by atoms with van der Waals surface area (Å²) < 4.78 is 5.36. The maximum atomic E-state index is 6.18. The summed E-state index contributed by atoms with van der Waals surface area (Å²) >= 11 is 12.3. The average molecular weight is 284 g/mol. The van der Waals surface area contributed by atoms with E-state index in [0.29, 0.717) is 39.5 Å². The molecule has 2 N–H and O–H groups in total. The Hall–Kier alpha value is -1.52. The molecule has 1 heterocycles. The number of anilines is 1. The van der Waals surface area contributed by atoms with E-state index in [1.165, 1.54) is 6.33 Å². The molecular formula is C12H11Cl2N3O. The van der Waals surface area contributed by atoms with Gasteiger partial charge in [-0.25, -0.2) is 9.97 Å².